The zero-order valence-corrected chi connectivity index (χ0v) is 19.3. The molecular weight excluding hydrogens is 406 g/mol. The molecule has 6 nitrogen and oxygen atoms in total. The van der Waals surface area contributed by atoms with Gasteiger partial charge in [-0.15, -0.1) is 0 Å². The first kappa shape index (κ1) is 22.4. The van der Waals surface area contributed by atoms with Crippen molar-refractivity contribution in [3.63, 3.8) is 0 Å². The average molecular weight is 438 g/mol. The molecule has 170 valence electrons. The van der Waals surface area contributed by atoms with Crippen molar-refractivity contribution in [1.29, 1.82) is 0 Å². The molecule has 1 fully saturated rings. The molecule has 1 saturated heterocycles. The fourth-order valence-electron chi connectivity index (χ4n) is 5.00. The largest absolute Gasteiger partial charge is 0.493 e. The smallest absolute Gasteiger partial charge is 0.298 e. The predicted molar refractivity (Wildman–Crippen MR) is 126 cm³/mol. The molecule has 2 aliphatic rings. The van der Waals surface area contributed by atoms with Crippen molar-refractivity contribution in [1.82, 2.24) is 4.90 Å². The number of hydrogen-bond acceptors (Lipinski definition) is 6. The fraction of sp³-hybridized carbons (Fsp3) is 0.423. The van der Waals surface area contributed by atoms with Crippen LogP contribution in [-0.4, -0.2) is 51.9 Å². The highest BCUT2D eigenvalue weighted by Gasteiger charge is 2.32. The van der Waals surface area contributed by atoms with Gasteiger partial charge in [-0.25, -0.2) is 0 Å². The third kappa shape index (κ3) is 4.00. The Kier molecular flexibility index (Phi) is 6.82. The lowest BCUT2D eigenvalue weighted by Crippen LogP contribution is -2.35. The van der Waals surface area contributed by atoms with E-state index in [1.807, 2.05) is 25.1 Å². The fourth-order valence-corrected chi connectivity index (χ4v) is 5.00. The van der Waals surface area contributed by atoms with Crippen LogP contribution in [0.25, 0.3) is 21.5 Å². The molecule has 0 N–H and O–H groups in total. The van der Waals surface area contributed by atoms with Gasteiger partial charge in [0.05, 0.1) is 14.2 Å². The van der Waals surface area contributed by atoms with Crippen LogP contribution in [0.1, 0.15) is 30.9 Å². The Bertz CT molecular complexity index is 1120. The van der Waals surface area contributed by atoms with Crippen molar-refractivity contribution in [3.05, 3.63) is 41.5 Å². The van der Waals surface area contributed by atoms with Crippen molar-refractivity contribution in [2.24, 2.45) is 0 Å². The number of nitrogens with zero attached hydrogens (tertiary/aromatic N) is 1. The zero-order chi connectivity index (χ0) is 22.7. The predicted octanol–water partition coefficient (Wildman–Crippen LogP) is 4.72. The van der Waals surface area contributed by atoms with Crippen LogP contribution in [0.5, 0.6) is 17.2 Å². The molecule has 6 heteroatoms. The van der Waals surface area contributed by atoms with Crippen LogP contribution in [-0.2, 0) is 22.5 Å². The first-order valence-electron chi connectivity index (χ1n) is 11.1. The lowest BCUT2D eigenvalue weighted by molar-refractivity contribution is -0.120. The Morgan fingerprint density at radius 2 is 1.66 bits per heavy atom. The van der Waals surface area contributed by atoms with Gasteiger partial charge in [0.15, 0.2) is 11.5 Å². The molecule has 0 saturated carbocycles. The standard InChI is InChI=1S/C23H23NO4.C3H8O/c1-26-22-10-19-18-9-15(28-13-25)5-6-16(18)17-8-14-4-3-7-24(14)12-21(17)20(19)11-23(22)27-2;1-3-4-2/h5-6,9-11,13-14H,3-4,7-8,12H2,1-2H3;3H2,1-2H3. The van der Waals surface area contributed by atoms with Gasteiger partial charge in [0.25, 0.3) is 6.47 Å². The highest BCUT2D eigenvalue weighted by Crippen LogP contribution is 2.44. The van der Waals surface area contributed by atoms with E-state index in [2.05, 4.69) is 21.8 Å². The molecule has 0 radical (unpaired) electrons. The van der Waals surface area contributed by atoms with E-state index in [-0.39, 0.29) is 0 Å². The molecule has 32 heavy (non-hydrogen) atoms. The summed E-state index contributed by atoms with van der Waals surface area (Å²) in [6, 6.07) is 10.7. The molecule has 0 bridgehead atoms. The van der Waals surface area contributed by atoms with Crippen molar-refractivity contribution in [2.45, 2.75) is 38.8 Å². The molecule has 1 unspecified atom stereocenters. The summed E-state index contributed by atoms with van der Waals surface area (Å²) in [6.45, 7) is 5.39. The first-order valence-corrected chi connectivity index (χ1v) is 11.1. The van der Waals surface area contributed by atoms with Gasteiger partial charge in [0.2, 0.25) is 0 Å². The summed E-state index contributed by atoms with van der Waals surface area (Å²) in [4.78, 5) is 13.5. The number of carbonyl (C=O) groups is 1. The summed E-state index contributed by atoms with van der Waals surface area (Å²) in [5, 5.41) is 4.61. The van der Waals surface area contributed by atoms with E-state index in [9.17, 15) is 4.79 Å². The number of rotatable bonds is 5. The summed E-state index contributed by atoms with van der Waals surface area (Å²) in [5.41, 5.74) is 2.79. The second-order valence-electron chi connectivity index (χ2n) is 8.18. The Labute approximate surface area is 189 Å². The number of carbonyl (C=O) groups excluding carboxylic acids is 1. The molecule has 1 atom stereocenters. The monoisotopic (exact) mass is 437 g/mol. The van der Waals surface area contributed by atoms with Crippen LogP contribution in [0, 0.1) is 0 Å². The maximum Gasteiger partial charge on any atom is 0.298 e. The third-order valence-electron chi connectivity index (χ3n) is 6.59. The minimum Gasteiger partial charge on any atom is -0.493 e. The number of benzene rings is 3. The van der Waals surface area contributed by atoms with Crippen molar-refractivity contribution >= 4 is 28.0 Å². The second-order valence-corrected chi connectivity index (χ2v) is 8.18. The minimum atomic E-state index is 0.474. The summed E-state index contributed by atoms with van der Waals surface area (Å²) in [5.74, 6) is 1.99. The van der Waals surface area contributed by atoms with Crippen molar-refractivity contribution in [2.75, 3.05) is 34.5 Å². The van der Waals surface area contributed by atoms with Gasteiger partial charge in [-0.1, -0.05) is 6.07 Å². The molecule has 0 spiro atoms. The number of ether oxygens (including phenoxy) is 4. The van der Waals surface area contributed by atoms with Gasteiger partial charge >= 0.3 is 0 Å². The van der Waals surface area contributed by atoms with Gasteiger partial charge in [-0.3, -0.25) is 9.69 Å². The molecular formula is C26H31NO5. The molecule has 0 aliphatic carbocycles. The lowest BCUT2D eigenvalue weighted by Gasteiger charge is -2.33. The summed E-state index contributed by atoms with van der Waals surface area (Å²) >= 11 is 0. The van der Waals surface area contributed by atoms with E-state index in [1.165, 1.54) is 41.3 Å². The lowest BCUT2D eigenvalue weighted by atomic mass is 9.85. The molecule has 0 aromatic heterocycles. The maximum atomic E-state index is 10.9. The minimum absolute atomic E-state index is 0.474. The molecule has 0 amide bonds. The van der Waals surface area contributed by atoms with Crippen molar-refractivity contribution < 1.29 is 23.7 Å². The highest BCUT2D eigenvalue weighted by atomic mass is 16.5. The molecule has 2 heterocycles. The number of hydrogen-bond donors (Lipinski definition) is 0. The summed E-state index contributed by atoms with van der Waals surface area (Å²) in [7, 11) is 5.00. The first-order chi connectivity index (χ1) is 15.6. The third-order valence-corrected chi connectivity index (χ3v) is 6.59. The van der Waals surface area contributed by atoms with E-state index in [0.29, 0.717) is 24.0 Å². The van der Waals surface area contributed by atoms with E-state index < -0.39 is 0 Å². The van der Waals surface area contributed by atoms with Crippen LogP contribution in [0.3, 0.4) is 0 Å². The van der Waals surface area contributed by atoms with Crippen LogP contribution >= 0.6 is 0 Å². The van der Waals surface area contributed by atoms with E-state index in [4.69, 9.17) is 14.2 Å². The average Bonchev–Trinajstić information content (AvgIpc) is 3.30. The normalized spacial score (nSPS) is 17.3. The van der Waals surface area contributed by atoms with Gasteiger partial charge < -0.3 is 18.9 Å². The molecule has 3 aromatic carbocycles. The number of methoxy groups -OCH3 is 3. The van der Waals surface area contributed by atoms with Crippen molar-refractivity contribution in [3.8, 4) is 17.2 Å². The summed E-state index contributed by atoms with van der Waals surface area (Å²) < 4.78 is 20.8. The van der Waals surface area contributed by atoms with Gasteiger partial charge in [0.1, 0.15) is 5.75 Å². The second kappa shape index (κ2) is 9.76. The Balaban J connectivity index is 0.000000567. The topological polar surface area (TPSA) is 57.2 Å². The van der Waals surface area contributed by atoms with Gasteiger partial charge in [0, 0.05) is 26.3 Å². The number of fused-ring (bicyclic) bond motifs is 7. The molecule has 2 aliphatic heterocycles. The van der Waals surface area contributed by atoms with Crippen LogP contribution in [0.4, 0.5) is 0 Å². The van der Waals surface area contributed by atoms with Crippen LogP contribution < -0.4 is 14.2 Å². The maximum absolute atomic E-state index is 10.9. The Morgan fingerprint density at radius 1 is 0.969 bits per heavy atom. The Morgan fingerprint density at radius 3 is 2.31 bits per heavy atom. The quantitative estimate of drug-likeness (QED) is 0.425. The Hall–Kier alpha value is -2.83. The SMILES string of the molecule is CCOC.COc1cc2c3c(c4ccc(OC=O)cc4c2cc1OC)CC1CCCN1C3. The van der Waals surface area contributed by atoms with Crippen LogP contribution in [0.15, 0.2) is 30.3 Å². The highest BCUT2D eigenvalue weighted by molar-refractivity contribution is 6.12. The van der Waals surface area contributed by atoms with E-state index >= 15 is 0 Å². The molecule has 5 rings (SSSR count). The van der Waals surface area contributed by atoms with Gasteiger partial charge in [-0.2, -0.15) is 0 Å². The summed E-state index contributed by atoms with van der Waals surface area (Å²) in [6.07, 6.45) is 3.59. The van der Waals surface area contributed by atoms with Crippen LogP contribution in [0.2, 0.25) is 0 Å². The zero-order valence-electron chi connectivity index (χ0n) is 19.3. The molecule has 3 aromatic rings. The van der Waals surface area contributed by atoms with E-state index in [0.717, 1.165) is 36.1 Å². The van der Waals surface area contributed by atoms with Gasteiger partial charge in [-0.05, 0) is 89.7 Å². The van der Waals surface area contributed by atoms with E-state index in [1.54, 1.807) is 21.3 Å².